The molecule has 0 saturated heterocycles. The maximum atomic E-state index is 11.2. The summed E-state index contributed by atoms with van der Waals surface area (Å²) in [6, 6.07) is 8.10. The van der Waals surface area contributed by atoms with Gasteiger partial charge in [0.15, 0.2) is 0 Å². The number of hydrogen-bond donors (Lipinski definition) is 2. The van der Waals surface area contributed by atoms with Gasteiger partial charge in [0.05, 0.1) is 5.69 Å². The highest BCUT2D eigenvalue weighted by atomic mass is 16.4. The minimum atomic E-state index is -0.961. The molecule has 0 aliphatic carbocycles. The summed E-state index contributed by atoms with van der Waals surface area (Å²) >= 11 is 0. The van der Waals surface area contributed by atoms with Crippen LogP contribution in [0.25, 0.3) is 0 Å². The summed E-state index contributed by atoms with van der Waals surface area (Å²) in [6.45, 7) is 4.30. The fourth-order valence-electron chi connectivity index (χ4n) is 2.01. The van der Waals surface area contributed by atoms with Gasteiger partial charge in [0.2, 0.25) is 0 Å². The number of nitrogens with one attached hydrogen (secondary N) is 1. The topological polar surface area (TPSA) is 67.2 Å². The van der Waals surface area contributed by atoms with Gasteiger partial charge < -0.3 is 10.4 Å². The van der Waals surface area contributed by atoms with Gasteiger partial charge in [0.1, 0.15) is 11.4 Å². The molecule has 100 valence electrons. The van der Waals surface area contributed by atoms with Crippen LogP contribution in [0, 0.1) is 13.8 Å². The summed E-state index contributed by atoms with van der Waals surface area (Å²) in [5, 5.41) is 16.5. The standard InChI is InChI=1S/C14H17N3O2/c1-9-4-6-11(7-5-9)8-15-13-12(14(18)19)10(2)16-17(13)3/h4-7,15H,8H2,1-3H3,(H,18,19). The van der Waals surface area contributed by atoms with Gasteiger partial charge in [-0.15, -0.1) is 0 Å². The van der Waals surface area contributed by atoms with Crippen LogP contribution in [-0.4, -0.2) is 20.9 Å². The summed E-state index contributed by atoms with van der Waals surface area (Å²) in [4.78, 5) is 11.2. The quantitative estimate of drug-likeness (QED) is 0.884. The number of nitrogens with zero attached hydrogens (tertiary/aromatic N) is 2. The van der Waals surface area contributed by atoms with E-state index in [2.05, 4.69) is 10.4 Å². The van der Waals surface area contributed by atoms with Crippen molar-refractivity contribution in [2.45, 2.75) is 20.4 Å². The van der Waals surface area contributed by atoms with E-state index in [-0.39, 0.29) is 5.56 Å². The Kier molecular flexibility index (Phi) is 3.55. The number of hydrogen-bond acceptors (Lipinski definition) is 3. The minimum Gasteiger partial charge on any atom is -0.477 e. The molecule has 0 unspecified atom stereocenters. The van der Waals surface area contributed by atoms with Gasteiger partial charge in [0, 0.05) is 13.6 Å². The normalized spacial score (nSPS) is 10.5. The lowest BCUT2D eigenvalue weighted by Crippen LogP contribution is -2.09. The van der Waals surface area contributed by atoms with E-state index in [0.717, 1.165) is 5.56 Å². The Labute approximate surface area is 111 Å². The number of rotatable bonds is 4. The van der Waals surface area contributed by atoms with Crippen molar-refractivity contribution in [2.24, 2.45) is 7.05 Å². The zero-order valence-electron chi connectivity index (χ0n) is 11.3. The highest BCUT2D eigenvalue weighted by Gasteiger charge is 2.19. The van der Waals surface area contributed by atoms with Gasteiger partial charge >= 0.3 is 5.97 Å². The minimum absolute atomic E-state index is 0.231. The molecule has 0 amide bonds. The van der Waals surface area contributed by atoms with E-state index in [4.69, 9.17) is 0 Å². The SMILES string of the molecule is Cc1ccc(CNc2c(C(=O)O)c(C)nn2C)cc1. The molecular formula is C14H17N3O2. The molecule has 5 heteroatoms. The molecule has 0 fully saturated rings. The van der Waals surface area contributed by atoms with Crippen molar-refractivity contribution in [1.82, 2.24) is 9.78 Å². The van der Waals surface area contributed by atoms with Crippen LogP contribution in [0.15, 0.2) is 24.3 Å². The van der Waals surface area contributed by atoms with E-state index in [9.17, 15) is 9.90 Å². The van der Waals surface area contributed by atoms with Gasteiger partial charge in [-0.2, -0.15) is 5.10 Å². The second-order valence-corrected chi connectivity index (χ2v) is 4.58. The van der Waals surface area contributed by atoms with Crippen molar-refractivity contribution < 1.29 is 9.90 Å². The Balaban J connectivity index is 2.20. The summed E-state index contributed by atoms with van der Waals surface area (Å²) in [7, 11) is 1.73. The first-order valence-corrected chi connectivity index (χ1v) is 6.05. The summed E-state index contributed by atoms with van der Waals surface area (Å²) in [6.07, 6.45) is 0. The molecule has 2 N–H and O–H groups in total. The van der Waals surface area contributed by atoms with Gasteiger partial charge in [-0.3, -0.25) is 4.68 Å². The van der Waals surface area contributed by atoms with Gasteiger partial charge in [-0.1, -0.05) is 29.8 Å². The van der Waals surface area contributed by atoms with E-state index < -0.39 is 5.97 Å². The molecule has 0 aliphatic rings. The molecule has 0 atom stereocenters. The summed E-state index contributed by atoms with van der Waals surface area (Å²) < 4.78 is 1.56. The van der Waals surface area contributed by atoms with E-state index in [1.807, 2.05) is 31.2 Å². The second kappa shape index (κ2) is 5.14. The molecule has 1 aromatic heterocycles. The van der Waals surface area contributed by atoms with Crippen LogP contribution in [0.2, 0.25) is 0 Å². The monoisotopic (exact) mass is 259 g/mol. The largest absolute Gasteiger partial charge is 0.477 e. The van der Waals surface area contributed by atoms with Crippen LogP contribution in [0.5, 0.6) is 0 Å². The third-order valence-corrected chi connectivity index (χ3v) is 3.02. The number of carboxylic acids is 1. The number of aromatic carboxylic acids is 1. The predicted octanol–water partition coefficient (Wildman–Crippen LogP) is 2.35. The Hall–Kier alpha value is -2.30. The van der Waals surface area contributed by atoms with Crippen LogP contribution < -0.4 is 5.32 Å². The fourth-order valence-corrected chi connectivity index (χ4v) is 2.01. The average molecular weight is 259 g/mol. The third-order valence-electron chi connectivity index (χ3n) is 3.02. The molecular weight excluding hydrogens is 242 g/mol. The molecule has 0 spiro atoms. The van der Waals surface area contributed by atoms with Crippen molar-refractivity contribution in [3.63, 3.8) is 0 Å². The number of aromatic nitrogens is 2. The van der Waals surface area contributed by atoms with Crippen molar-refractivity contribution >= 4 is 11.8 Å². The van der Waals surface area contributed by atoms with Crippen molar-refractivity contribution in [1.29, 1.82) is 0 Å². The van der Waals surface area contributed by atoms with Gasteiger partial charge in [-0.25, -0.2) is 4.79 Å². The number of aryl methyl sites for hydroxylation is 3. The lowest BCUT2D eigenvalue weighted by molar-refractivity contribution is 0.0697. The van der Waals surface area contributed by atoms with Crippen molar-refractivity contribution in [3.05, 3.63) is 46.6 Å². The molecule has 0 radical (unpaired) electrons. The van der Waals surface area contributed by atoms with E-state index >= 15 is 0 Å². The van der Waals surface area contributed by atoms with E-state index in [1.54, 1.807) is 18.7 Å². The predicted molar refractivity (Wildman–Crippen MR) is 73.4 cm³/mol. The molecule has 1 aromatic carbocycles. The molecule has 0 saturated carbocycles. The highest BCUT2D eigenvalue weighted by molar-refractivity contribution is 5.94. The molecule has 0 bridgehead atoms. The van der Waals surface area contributed by atoms with Gasteiger partial charge in [0.25, 0.3) is 0 Å². The van der Waals surface area contributed by atoms with Gasteiger partial charge in [-0.05, 0) is 19.4 Å². The van der Waals surface area contributed by atoms with Crippen molar-refractivity contribution in [3.8, 4) is 0 Å². The summed E-state index contributed by atoms with van der Waals surface area (Å²) in [5.74, 6) is -0.428. The highest BCUT2D eigenvalue weighted by Crippen LogP contribution is 2.19. The number of carbonyl (C=O) groups is 1. The first-order chi connectivity index (χ1) is 8.99. The number of benzene rings is 1. The maximum absolute atomic E-state index is 11.2. The zero-order valence-corrected chi connectivity index (χ0v) is 11.3. The smallest absolute Gasteiger partial charge is 0.341 e. The first kappa shape index (κ1) is 13.1. The first-order valence-electron chi connectivity index (χ1n) is 6.05. The van der Waals surface area contributed by atoms with Crippen molar-refractivity contribution in [2.75, 3.05) is 5.32 Å². The second-order valence-electron chi connectivity index (χ2n) is 4.58. The number of carboxylic acid groups (broad SMARTS) is 1. The average Bonchev–Trinajstić information content (AvgIpc) is 2.63. The fraction of sp³-hybridized carbons (Fsp3) is 0.286. The Bertz CT molecular complexity index is 600. The van der Waals surface area contributed by atoms with Crippen LogP contribution >= 0.6 is 0 Å². The molecule has 0 aliphatic heterocycles. The van der Waals surface area contributed by atoms with Crippen LogP contribution in [0.1, 0.15) is 27.2 Å². The lowest BCUT2D eigenvalue weighted by atomic mass is 10.1. The molecule has 2 aromatic rings. The van der Waals surface area contributed by atoms with Crippen LogP contribution in [0.3, 0.4) is 0 Å². The van der Waals surface area contributed by atoms with Crippen LogP contribution in [-0.2, 0) is 13.6 Å². The van der Waals surface area contributed by atoms with Crippen LogP contribution in [0.4, 0.5) is 5.82 Å². The Morgan fingerprint density at radius 1 is 1.32 bits per heavy atom. The maximum Gasteiger partial charge on any atom is 0.341 e. The molecule has 2 rings (SSSR count). The molecule has 1 heterocycles. The lowest BCUT2D eigenvalue weighted by Gasteiger charge is -2.08. The zero-order chi connectivity index (χ0) is 14.0. The Morgan fingerprint density at radius 3 is 2.53 bits per heavy atom. The summed E-state index contributed by atoms with van der Waals surface area (Å²) in [5.41, 5.74) is 3.04. The molecule has 5 nitrogen and oxygen atoms in total. The Morgan fingerprint density at radius 2 is 1.95 bits per heavy atom. The van der Waals surface area contributed by atoms with E-state index in [1.165, 1.54) is 5.56 Å². The third kappa shape index (κ3) is 2.76. The number of anilines is 1. The molecule has 19 heavy (non-hydrogen) atoms. The van der Waals surface area contributed by atoms with E-state index in [0.29, 0.717) is 18.1 Å².